The summed E-state index contributed by atoms with van der Waals surface area (Å²) in [5.41, 5.74) is 0.562. The van der Waals surface area contributed by atoms with Crippen LogP contribution >= 0.6 is 0 Å². The number of hydrogen-bond acceptors (Lipinski definition) is 5. The third-order valence-corrected chi connectivity index (χ3v) is 5.12. The molecule has 0 bridgehead atoms. The molecule has 0 spiro atoms. The zero-order chi connectivity index (χ0) is 15.5. The number of sulfonamides is 1. The largest absolute Gasteiger partial charge is 0.395 e. The van der Waals surface area contributed by atoms with Crippen molar-refractivity contribution >= 4 is 21.5 Å². The predicted octanol–water partition coefficient (Wildman–Crippen LogP) is 0.769. The Morgan fingerprint density at radius 3 is 2.76 bits per heavy atom. The average molecular weight is 312 g/mol. The molecule has 2 rings (SSSR count). The predicted molar refractivity (Wildman–Crippen MR) is 80.9 cm³/mol. The van der Waals surface area contributed by atoms with Crippen molar-refractivity contribution in [3.63, 3.8) is 0 Å². The van der Waals surface area contributed by atoms with Crippen molar-refractivity contribution in [3.05, 3.63) is 24.4 Å². The van der Waals surface area contributed by atoms with Crippen molar-refractivity contribution in [2.24, 2.45) is 0 Å². The van der Waals surface area contributed by atoms with Gasteiger partial charge in [-0.3, -0.25) is 4.40 Å². The first kappa shape index (κ1) is 15.7. The molecule has 0 aromatic carbocycles. The Balaban J connectivity index is 2.65. The lowest BCUT2D eigenvalue weighted by atomic mass is 10.5. The van der Waals surface area contributed by atoms with Crippen LogP contribution in [0.2, 0.25) is 0 Å². The summed E-state index contributed by atoms with van der Waals surface area (Å²) in [5.74, 6) is 0.333. The van der Waals surface area contributed by atoms with Gasteiger partial charge in [-0.2, -0.15) is 4.31 Å². The van der Waals surface area contributed by atoms with Gasteiger partial charge < -0.3 is 10.4 Å². The van der Waals surface area contributed by atoms with E-state index in [1.807, 2.05) is 6.92 Å². The number of pyridine rings is 1. The summed E-state index contributed by atoms with van der Waals surface area (Å²) < 4.78 is 28.5. The Labute approximate surface area is 124 Å². The SMILES string of the molecule is CCNc1nc2ccccn2c1S(=O)(=O)N(CC)CCO. The quantitative estimate of drug-likeness (QED) is 0.788. The summed E-state index contributed by atoms with van der Waals surface area (Å²) in [7, 11) is -3.74. The highest BCUT2D eigenvalue weighted by Crippen LogP contribution is 2.25. The summed E-state index contributed by atoms with van der Waals surface area (Å²) in [6.45, 7) is 4.31. The minimum Gasteiger partial charge on any atom is -0.395 e. The van der Waals surface area contributed by atoms with Gasteiger partial charge in [0.25, 0.3) is 10.0 Å². The van der Waals surface area contributed by atoms with Crippen LogP contribution in [0.25, 0.3) is 5.65 Å². The molecule has 8 heteroatoms. The number of hydrogen-bond donors (Lipinski definition) is 2. The van der Waals surface area contributed by atoms with Gasteiger partial charge in [-0.05, 0) is 19.1 Å². The molecule has 0 saturated carbocycles. The van der Waals surface area contributed by atoms with Crippen LogP contribution in [0.4, 0.5) is 5.82 Å². The normalized spacial score (nSPS) is 12.2. The number of aliphatic hydroxyl groups excluding tert-OH is 1. The lowest BCUT2D eigenvalue weighted by molar-refractivity contribution is 0.256. The molecule has 7 nitrogen and oxygen atoms in total. The number of likely N-dealkylation sites (N-methyl/N-ethyl adjacent to an activating group) is 1. The fourth-order valence-corrected chi connectivity index (χ4v) is 3.86. The van der Waals surface area contributed by atoms with Crippen LogP contribution in [0.1, 0.15) is 13.8 Å². The number of aromatic nitrogens is 2. The molecule has 0 aliphatic rings. The molecular formula is C13H20N4O3S. The van der Waals surface area contributed by atoms with E-state index in [0.29, 0.717) is 18.0 Å². The standard InChI is InChI=1S/C13H20N4O3S/c1-3-14-12-13(17-8-6-5-7-11(17)15-12)21(19,20)16(4-2)9-10-18/h5-8,14,18H,3-4,9-10H2,1-2H3. The van der Waals surface area contributed by atoms with E-state index in [1.165, 1.54) is 4.31 Å². The van der Waals surface area contributed by atoms with Gasteiger partial charge in [-0.1, -0.05) is 13.0 Å². The average Bonchev–Trinajstić information content (AvgIpc) is 2.83. The lowest BCUT2D eigenvalue weighted by Gasteiger charge is -2.19. The fraction of sp³-hybridized carbons (Fsp3) is 0.462. The van der Waals surface area contributed by atoms with Crippen LogP contribution in [-0.2, 0) is 10.0 Å². The molecule has 0 fully saturated rings. The first-order valence-corrected chi connectivity index (χ1v) is 8.32. The maximum Gasteiger partial charge on any atom is 0.262 e. The highest BCUT2D eigenvalue weighted by atomic mass is 32.2. The van der Waals surface area contributed by atoms with Gasteiger partial charge in [0, 0.05) is 25.8 Å². The smallest absolute Gasteiger partial charge is 0.262 e. The van der Waals surface area contributed by atoms with E-state index in [1.54, 1.807) is 35.7 Å². The van der Waals surface area contributed by atoms with Gasteiger partial charge in [0.2, 0.25) is 0 Å². The zero-order valence-corrected chi connectivity index (χ0v) is 13.0. The highest BCUT2D eigenvalue weighted by Gasteiger charge is 2.30. The summed E-state index contributed by atoms with van der Waals surface area (Å²) in [5, 5.41) is 12.2. The summed E-state index contributed by atoms with van der Waals surface area (Å²) in [6.07, 6.45) is 1.67. The highest BCUT2D eigenvalue weighted by molar-refractivity contribution is 7.89. The topological polar surface area (TPSA) is 86.9 Å². The maximum absolute atomic E-state index is 12.8. The van der Waals surface area contributed by atoms with E-state index in [4.69, 9.17) is 5.11 Å². The Morgan fingerprint density at radius 1 is 1.38 bits per heavy atom. The van der Waals surface area contributed by atoms with Gasteiger partial charge in [-0.25, -0.2) is 13.4 Å². The zero-order valence-electron chi connectivity index (χ0n) is 12.2. The lowest BCUT2D eigenvalue weighted by Crippen LogP contribution is -2.34. The Morgan fingerprint density at radius 2 is 2.14 bits per heavy atom. The van der Waals surface area contributed by atoms with E-state index >= 15 is 0 Å². The third-order valence-electron chi connectivity index (χ3n) is 3.12. The first-order valence-electron chi connectivity index (χ1n) is 6.88. The van der Waals surface area contributed by atoms with E-state index in [-0.39, 0.29) is 24.7 Å². The van der Waals surface area contributed by atoms with Crippen molar-refractivity contribution in [3.8, 4) is 0 Å². The van der Waals surface area contributed by atoms with Gasteiger partial charge in [0.05, 0.1) is 6.61 Å². The first-order chi connectivity index (χ1) is 10.1. The number of anilines is 1. The number of rotatable bonds is 7. The van der Waals surface area contributed by atoms with Gasteiger partial charge in [0.15, 0.2) is 10.8 Å². The Bertz CT molecular complexity index is 711. The number of nitrogens with zero attached hydrogens (tertiary/aromatic N) is 3. The summed E-state index contributed by atoms with van der Waals surface area (Å²) in [6, 6.07) is 5.31. The van der Waals surface area contributed by atoms with Crippen molar-refractivity contribution < 1.29 is 13.5 Å². The van der Waals surface area contributed by atoms with E-state index in [2.05, 4.69) is 10.3 Å². The van der Waals surface area contributed by atoms with Crippen LogP contribution in [-0.4, -0.2) is 53.5 Å². The van der Waals surface area contributed by atoms with Crippen LogP contribution in [0, 0.1) is 0 Å². The van der Waals surface area contributed by atoms with Crippen molar-refractivity contribution in [1.82, 2.24) is 13.7 Å². The molecule has 0 aliphatic carbocycles. The molecule has 0 radical (unpaired) electrons. The molecule has 0 aliphatic heterocycles. The van der Waals surface area contributed by atoms with Crippen LogP contribution < -0.4 is 5.32 Å². The van der Waals surface area contributed by atoms with E-state index < -0.39 is 10.0 Å². The maximum atomic E-state index is 12.8. The second-order valence-electron chi connectivity index (χ2n) is 4.45. The number of nitrogens with one attached hydrogen (secondary N) is 1. The molecular weight excluding hydrogens is 292 g/mol. The van der Waals surface area contributed by atoms with Crippen LogP contribution in [0.3, 0.4) is 0 Å². The van der Waals surface area contributed by atoms with Crippen molar-refractivity contribution in [2.75, 3.05) is 31.6 Å². The van der Waals surface area contributed by atoms with E-state index in [0.717, 1.165) is 0 Å². The molecule has 2 aromatic heterocycles. The Kier molecular flexibility index (Phi) is 4.81. The monoisotopic (exact) mass is 312 g/mol. The fourth-order valence-electron chi connectivity index (χ4n) is 2.18. The summed E-state index contributed by atoms with van der Waals surface area (Å²) in [4.78, 5) is 4.33. The third kappa shape index (κ3) is 2.87. The Hall–Kier alpha value is -1.64. The second kappa shape index (κ2) is 6.42. The van der Waals surface area contributed by atoms with Crippen LogP contribution in [0.5, 0.6) is 0 Å². The van der Waals surface area contributed by atoms with E-state index in [9.17, 15) is 8.42 Å². The minimum atomic E-state index is -3.74. The van der Waals surface area contributed by atoms with Crippen LogP contribution in [0.15, 0.2) is 29.4 Å². The van der Waals surface area contributed by atoms with Crippen molar-refractivity contribution in [1.29, 1.82) is 0 Å². The molecule has 2 aromatic rings. The van der Waals surface area contributed by atoms with Gasteiger partial charge in [-0.15, -0.1) is 0 Å². The molecule has 116 valence electrons. The number of imidazole rings is 1. The number of aliphatic hydroxyl groups is 1. The minimum absolute atomic E-state index is 0.0600. The summed E-state index contributed by atoms with van der Waals surface area (Å²) >= 11 is 0. The van der Waals surface area contributed by atoms with Crippen molar-refractivity contribution in [2.45, 2.75) is 18.9 Å². The molecule has 0 amide bonds. The number of fused-ring (bicyclic) bond motifs is 1. The molecule has 0 saturated heterocycles. The molecule has 21 heavy (non-hydrogen) atoms. The second-order valence-corrected chi connectivity index (χ2v) is 6.30. The van der Waals surface area contributed by atoms with Gasteiger partial charge >= 0.3 is 0 Å². The molecule has 0 atom stereocenters. The molecule has 2 heterocycles. The molecule has 2 N–H and O–H groups in total. The molecule has 0 unspecified atom stereocenters. The van der Waals surface area contributed by atoms with Gasteiger partial charge in [0.1, 0.15) is 5.65 Å².